The first-order chi connectivity index (χ1) is 13.2. The van der Waals surface area contributed by atoms with Gasteiger partial charge in [-0.3, -0.25) is 14.9 Å². The Morgan fingerprint density at radius 3 is 2.29 bits per heavy atom. The number of carbonyl (C=O) groups excluding carboxylic acids is 1. The van der Waals surface area contributed by atoms with Crippen LogP contribution in [-0.2, 0) is 11.0 Å². The molecule has 0 radical (unpaired) electrons. The predicted molar refractivity (Wildman–Crippen MR) is 92.9 cm³/mol. The molecule has 28 heavy (non-hydrogen) atoms. The lowest BCUT2D eigenvalue weighted by Gasteiger charge is -2.31. The summed E-state index contributed by atoms with van der Waals surface area (Å²) >= 11 is 0. The summed E-state index contributed by atoms with van der Waals surface area (Å²) in [6.45, 7) is 0.913. The highest BCUT2D eigenvalue weighted by molar-refractivity contribution is 5.75. The monoisotopic (exact) mass is 395 g/mol. The van der Waals surface area contributed by atoms with E-state index in [4.69, 9.17) is 4.74 Å². The molecule has 2 heterocycles. The maximum atomic E-state index is 12.6. The lowest BCUT2D eigenvalue weighted by Crippen LogP contribution is -2.38. The lowest BCUT2D eigenvalue weighted by molar-refractivity contribution is -0.384. The van der Waals surface area contributed by atoms with E-state index in [0.29, 0.717) is 31.7 Å². The van der Waals surface area contributed by atoms with Gasteiger partial charge in [0.15, 0.2) is 0 Å². The average molecular weight is 395 g/mol. The second kappa shape index (κ2) is 7.83. The molecule has 7 nitrogen and oxygen atoms in total. The van der Waals surface area contributed by atoms with E-state index in [1.165, 1.54) is 30.3 Å². The first-order valence-electron chi connectivity index (χ1n) is 8.48. The van der Waals surface area contributed by atoms with Gasteiger partial charge in [0, 0.05) is 31.4 Å². The molecule has 0 bridgehead atoms. The number of hydrogen-bond acceptors (Lipinski definition) is 6. The normalized spacial score (nSPS) is 15.3. The number of esters is 1. The summed E-state index contributed by atoms with van der Waals surface area (Å²) in [5, 5.41) is 10.6. The van der Waals surface area contributed by atoms with Crippen LogP contribution in [0.15, 0.2) is 42.6 Å². The minimum Gasteiger partial charge on any atom is -0.426 e. The average Bonchev–Trinajstić information content (AvgIpc) is 2.68. The second-order valence-electron chi connectivity index (χ2n) is 6.34. The Labute approximate surface area is 157 Å². The Morgan fingerprint density at radius 1 is 1.14 bits per heavy atom. The molecule has 0 spiro atoms. The number of ether oxygens (including phenoxy) is 1. The van der Waals surface area contributed by atoms with E-state index in [-0.39, 0.29) is 17.4 Å². The van der Waals surface area contributed by atoms with E-state index in [1.54, 1.807) is 0 Å². The van der Waals surface area contributed by atoms with Crippen molar-refractivity contribution in [1.82, 2.24) is 4.98 Å². The number of nitrogens with zero attached hydrogens (tertiary/aromatic N) is 3. The van der Waals surface area contributed by atoms with Crippen molar-refractivity contribution in [1.29, 1.82) is 0 Å². The summed E-state index contributed by atoms with van der Waals surface area (Å²) in [6.07, 6.45) is -2.70. The first kappa shape index (κ1) is 19.6. The Balaban J connectivity index is 1.54. The number of hydrogen-bond donors (Lipinski definition) is 0. The summed E-state index contributed by atoms with van der Waals surface area (Å²) in [4.78, 5) is 28.0. The molecule has 1 aliphatic heterocycles. The van der Waals surface area contributed by atoms with Crippen LogP contribution in [0.1, 0.15) is 18.4 Å². The van der Waals surface area contributed by atoms with Crippen molar-refractivity contribution in [2.75, 3.05) is 18.0 Å². The summed E-state index contributed by atoms with van der Waals surface area (Å²) in [6, 6.07) is 7.52. The maximum absolute atomic E-state index is 12.6. The van der Waals surface area contributed by atoms with Crippen molar-refractivity contribution in [2.24, 2.45) is 5.92 Å². The topological polar surface area (TPSA) is 85.6 Å². The number of anilines is 1. The third-order valence-corrected chi connectivity index (χ3v) is 4.49. The van der Waals surface area contributed by atoms with E-state index >= 15 is 0 Å². The standard InChI is InChI=1S/C18H16F3N3O4/c19-18(20,21)13-1-6-16(22-11-13)23-9-7-12(8-10-23)17(25)28-15-4-2-14(3-5-15)24(26)27/h1-6,11-12H,7-10H2. The summed E-state index contributed by atoms with van der Waals surface area (Å²) < 4.78 is 43.1. The summed E-state index contributed by atoms with van der Waals surface area (Å²) in [7, 11) is 0. The van der Waals surface area contributed by atoms with Gasteiger partial charge in [-0.05, 0) is 37.1 Å². The number of benzene rings is 1. The number of non-ortho nitro benzene ring substituents is 1. The Hall–Kier alpha value is -3.17. The Bertz CT molecular complexity index is 846. The maximum Gasteiger partial charge on any atom is 0.417 e. The summed E-state index contributed by atoms with van der Waals surface area (Å²) in [5.41, 5.74) is -0.907. The first-order valence-corrected chi connectivity index (χ1v) is 8.48. The zero-order chi connectivity index (χ0) is 20.3. The van der Waals surface area contributed by atoms with Crippen molar-refractivity contribution >= 4 is 17.5 Å². The molecule has 1 aromatic heterocycles. The largest absolute Gasteiger partial charge is 0.426 e. The molecule has 2 aromatic rings. The van der Waals surface area contributed by atoms with Crippen molar-refractivity contribution in [3.8, 4) is 5.75 Å². The molecule has 1 aliphatic rings. The minimum atomic E-state index is -4.43. The molecule has 0 atom stereocenters. The molecule has 1 fully saturated rings. The van der Waals surface area contributed by atoms with Gasteiger partial charge in [0.05, 0.1) is 16.4 Å². The van der Waals surface area contributed by atoms with Gasteiger partial charge < -0.3 is 9.64 Å². The van der Waals surface area contributed by atoms with Gasteiger partial charge in [-0.2, -0.15) is 13.2 Å². The molecular formula is C18H16F3N3O4. The highest BCUT2D eigenvalue weighted by atomic mass is 19.4. The van der Waals surface area contributed by atoms with Crippen LogP contribution >= 0.6 is 0 Å². The molecule has 0 aliphatic carbocycles. The number of aromatic nitrogens is 1. The van der Waals surface area contributed by atoms with E-state index in [1.807, 2.05) is 4.90 Å². The quantitative estimate of drug-likeness (QED) is 0.339. The van der Waals surface area contributed by atoms with E-state index in [9.17, 15) is 28.1 Å². The van der Waals surface area contributed by atoms with Crippen LogP contribution < -0.4 is 9.64 Å². The Kier molecular flexibility index (Phi) is 5.48. The third-order valence-electron chi connectivity index (χ3n) is 4.49. The molecule has 148 valence electrons. The van der Waals surface area contributed by atoms with Crippen molar-refractivity contribution in [3.05, 3.63) is 58.3 Å². The fourth-order valence-corrected chi connectivity index (χ4v) is 2.92. The number of nitro groups is 1. The van der Waals surface area contributed by atoms with Crippen LogP contribution in [0, 0.1) is 16.0 Å². The molecule has 0 amide bonds. The van der Waals surface area contributed by atoms with E-state index < -0.39 is 22.6 Å². The number of nitro benzene ring substituents is 1. The Morgan fingerprint density at radius 2 is 1.79 bits per heavy atom. The predicted octanol–water partition coefficient (Wildman–Crippen LogP) is 3.83. The van der Waals surface area contributed by atoms with Gasteiger partial charge in [0.1, 0.15) is 11.6 Å². The summed E-state index contributed by atoms with van der Waals surface area (Å²) in [5.74, 6) is -0.146. The SMILES string of the molecule is O=C(Oc1ccc([N+](=O)[O-])cc1)C1CCN(c2ccc(C(F)(F)F)cn2)CC1. The highest BCUT2D eigenvalue weighted by Crippen LogP contribution is 2.30. The van der Waals surface area contributed by atoms with E-state index in [2.05, 4.69) is 4.98 Å². The fourth-order valence-electron chi connectivity index (χ4n) is 2.92. The van der Waals surface area contributed by atoms with Crippen LogP contribution in [0.2, 0.25) is 0 Å². The molecule has 1 aromatic carbocycles. The number of piperidine rings is 1. The van der Waals surface area contributed by atoms with Crippen LogP contribution in [-0.4, -0.2) is 29.0 Å². The number of halogens is 3. The molecule has 0 N–H and O–H groups in total. The van der Waals surface area contributed by atoms with Crippen LogP contribution in [0.3, 0.4) is 0 Å². The van der Waals surface area contributed by atoms with Gasteiger partial charge in [-0.15, -0.1) is 0 Å². The fraction of sp³-hybridized carbons (Fsp3) is 0.333. The molecule has 0 unspecified atom stereocenters. The van der Waals surface area contributed by atoms with Gasteiger partial charge in [0.25, 0.3) is 5.69 Å². The lowest BCUT2D eigenvalue weighted by atomic mass is 9.97. The van der Waals surface area contributed by atoms with Crippen molar-refractivity contribution < 1.29 is 27.6 Å². The zero-order valence-corrected chi connectivity index (χ0v) is 14.6. The number of alkyl halides is 3. The molecule has 3 rings (SSSR count). The molecular weight excluding hydrogens is 379 g/mol. The molecule has 10 heteroatoms. The van der Waals surface area contributed by atoms with Crippen molar-refractivity contribution in [3.63, 3.8) is 0 Å². The zero-order valence-electron chi connectivity index (χ0n) is 14.6. The van der Waals surface area contributed by atoms with Crippen LogP contribution in [0.4, 0.5) is 24.7 Å². The molecule has 0 saturated carbocycles. The smallest absolute Gasteiger partial charge is 0.417 e. The minimum absolute atomic E-state index is 0.0999. The van der Waals surface area contributed by atoms with E-state index in [0.717, 1.165) is 12.3 Å². The second-order valence-corrected chi connectivity index (χ2v) is 6.34. The van der Waals surface area contributed by atoms with Gasteiger partial charge in [0.2, 0.25) is 0 Å². The number of rotatable bonds is 4. The number of carbonyl (C=O) groups is 1. The van der Waals surface area contributed by atoms with Crippen LogP contribution in [0.25, 0.3) is 0 Å². The highest BCUT2D eigenvalue weighted by Gasteiger charge is 2.31. The number of pyridine rings is 1. The third kappa shape index (κ3) is 4.56. The van der Waals surface area contributed by atoms with Crippen molar-refractivity contribution in [2.45, 2.75) is 19.0 Å². The van der Waals surface area contributed by atoms with Gasteiger partial charge >= 0.3 is 12.1 Å². The van der Waals surface area contributed by atoms with Crippen LogP contribution in [0.5, 0.6) is 5.75 Å². The van der Waals surface area contributed by atoms with Gasteiger partial charge in [-0.1, -0.05) is 0 Å². The molecule has 1 saturated heterocycles. The van der Waals surface area contributed by atoms with Gasteiger partial charge in [-0.25, -0.2) is 4.98 Å².